The Morgan fingerprint density at radius 1 is 1.20 bits per heavy atom. The van der Waals surface area contributed by atoms with E-state index in [-0.39, 0.29) is 0 Å². The van der Waals surface area contributed by atoms with Crippen LogP contribution in [0.15, 0.2) is 35.5 Å². The summed E-state index contributed by atoms with van der Waals surface area (Å²) in [5.74, 6) is 0.868. The second kappa shape index (κ2) is 6.09. The van der Waals surface area contributed by atoms with E-state index in [0.29, 0.717) is 0 Å². The van der Waals surface area contributed by atoms with Crippen LogP contribution in [0.1, 0.15) is 45.4 Å². The molecule has 1 saturated carbocycles. The number of anilines is 1. The van der Waals surface area contributed by atoms with Gasteiger partial charge in [-0.05, 0) is 37.0 Å². The number of hydrogen-bond acceptors (Lipinski definition) is 2. The number of benzene rings is 1. The Balaban J connectivity index is 1.66. The molecule has 3 heteroatoms. The summed E-state index contributed by atoms with van der Waals surface area (Å²) in [5.41, 5.74) is 7.52. The summed E-state index contributed by atoms with van der Waals surface area (Å²) in [6, 6.07) is 8.04. The summed E-state index contributed by atoms with van der Waals surface area (Å²) in [5, 5.41) is 2.99. The molecule has 1 heterocycles. The van der Waals surface area contributed by atoms with Gasteiger partial charge in [-0.2, -0.15) is 0 Å². The zero-order valence-corrected chi connectivity index (χ0v) is 12.9. The lowest BCUT2D eigenvalue weighted by Crippen LogP contribution is -2.32. The first-order valence-electron chi connectivity index (χ1n) is 7.71. The van der Waals surface area contributed by atoms with Crippen molar-refractivity contribution in [3.63, 3.8) is 0 Å². The second-order valence-corrected chi connectivity index (χ2v) is 6.52. The highest BCUT2D eigenvalue weighted by Gasteiger charge is 2.23. The number of rotatable bonds is 3. The van der Waals surface area contributed by atoms with Gasteiger partial charge in [0, 0.05) is 5.70 Å². The minimum atomic E-state index is 0.812. The molecular weight excluding hydrogens is 268 g/mol. The molecule has 0 spiro atoms. The fraction of sp³-hybridized carbons (Fsp3) is 0.529. The van der Waals surface area contributed by atoms with Crippen molar-refractivity contribution in [3.05, 3.63) is 40.6 Å². The SMILES string of the molecule is CC1=C(CC2CCCCC2)NN(c2ccccc2Cl)C1. The highest BCUT2D eigenvalue weighted by molar-refractivity contribution is 6.33. The maximum atomic E-state index is 6.29. The Morgan fingerprint density at radius 3 is 2.70 bits per heavy atom. The summed E-state index contributed by atoms with van der Waals surface area (Å²) in [7, 11) is 0. The van der Waals surface area contributed by atoms with Gasteiger partial charge in [0.25, 0.3) is 0 Å². The molecule has 1 aliphatic carbocycles. The number of halogens is 1. The monoisotopic (exact) mass is 290 g/mol. The highest BCUT2D eigenvalue weighted by Crippen LogP contribution is 2.33. The standard InChI is InChI=1S/C17H23ClN2/c1-13-12-20(17-10-6-5-9-15(17)18)19-16(13)11-14-7-3-2-4-8-14/h5-6,9-10,14,19H,2-4,7-8,11-12H2,1H3. The van der Waals surface area contributed by atoms with Crippen LogP contribution in [0, 0.1) is 5.92 Å². The molecule has 0 radical (unpaired) electrons. The van der Waals surface area contributed by atoms with E-state index in [1.54, 1.807) is 0 Å². The molecule has 0 atom stereocenters. The predicted octanol–water partition coefficient (Wildman–Crippen LogP) is 4.91. The normalized spacial score (nSPS) is 20.4. The third kappa shape index (κ3) is 2.95. The maximum Gasteiger partial charge on any atom is 0.0761 e. The van der Waals surface area contributed by atoms with E-state index in [9.17, 15) is 0 Å². The van der Waals surface area contributed by atoms with Crippen molar-refractivity contribution in [3.8, 4) is 0 Å². The third-order valence-corrected chi connectivity index (χ3v) is 4.86. The molecule has 1 aromatic rings. The molecule has 0 bridgehead atoms. The number of nitrogens with one attached hydrogen (secondary N) is 1. The zero-order chi connectivity index (χ0) is 13.9. The van der Waals surface area contributed by atoms with E-state index in [0.717, 1.165) is 23.2 Å². The molecule has 2 aliphatic rings. The molecule has 0 unspecified atom stereocenters. The van der Waals surface area contributed by atoms with E-state index < -0.39 is 0 Å². The van der Waals surface area contributed by atoms with Crippen molar-refractivity contribution in [2.75, 3.05) is 11.6 Å². The van der Waals surface area contributed by atoms with Crippen LogP contribution in [0.5, 0.6) is 0 Å². The van der Waals surface area contributed by atoms with Crippen molar-refractivity contribution >= 4 is 17.3 Å². The zero-order valence-electron chi connectivity index (χ0n) is 12.2. The van der Waals surface area contributed by atoms with Crippen LogP contribution < -0.4 is 10.4 Å². The van der Waals surface area contributed by atoms with E-state index in [4.69, 9.17) is 11.6 Å². The van der Waals surface area contributed by atoms with Gasteiger partial charge in [-0.15, -0.1) is 0 Å². The first-order chi connectivity index (χ1) is 9.74. The fourth-order valence-corrected chi connectivity index (χ4v) is 3.58. The molecule has 1 N–H and O–H groups in total. The minimum Gasteiger partial charge on any atom is -0.302 e. The average molecular weight is 291 g/mol. The van der Waals surface area contributed by atoms with Gasteiger partial charge in [0.15, 0.2) is 0 Å². The van der Waals surface area contributed by atoms with Gasteiger partial charge in [0.1, 0.15) is 0 Å². The Bertz CT molecular complexity index is 503. The third-order valence-electron chi connectivity index (χ3n) is 4.54. The molecular formula is C17H23ClN2. The van der Waals surface area contributed by atoms with Gasteiger partial charge >= 0.3 is 0 Å². The molecule has 1 aromatic carbocycles. The lowest BCUT2D eigenvalue weighted by molar-refractivity contribution is 0.351. The Hall–Kier alpha value is -1.15. The summed E-state index contributed by atoms with van der Waals surface area (Å²) < 4.78 is 0. The maximum absolute atomic E-state index is 6.29. The summed E-state index contributed by atoms with van der Waals surface area (Å²) in [6.45, 7) is 3.17. The Morgan fingerprint density at radius 2 is 1.95 bits per heavy atom. The number of hydrogen-bond donors (Lipinski definition) is 1. The molecule has 1 aliphatic heterocycles. The van der Waals surface area contributed by atoms with E-state index in [1.807, 2.05) is 18.2 Å². The van der Waals surface area contributed by atoms with Crippen LogP contribution >= 0.6 is 11.6 Å². The van der Waals surface area contributed by atoms with Crippen LogP contribution in [-0.2, 0) is 0 Å². The van der Waals surface area contributed by atoms with Crippen LogP contribution in [0.4, 0.5) is 5.69 Å². The smallest absolute Gasteiger partial charge is 0.0761 e. The van der Waals surface area contributed by atoms with Gasteiger partial charge < -0.3 is 5.43 Å². The largest absolute Gasteiger partial charge is 0.302 e. The average Bonchev–Trinajstić information content (AvgIpc) is 2.81. The van der Waals surface area contributed by atoms with E-state index in [2.05, 4.69) is 23.4 Å². The number of allylic oxidation sites excluding steroid dienone is 1. The lowest BCUT2D eigenvalue weighted by atomic mass is 9.86. The van der Waals surface area contributed by atoms with Gasteiger partial charge in [0.2, 0.25) is 0 Å². The second-order valence-electron chi connectivity index (χ2n) is 6.12. The molecule has 2 nitrogen and oxygen atoms in total. The summed E-state index contributed by atoms with van der Waals surface area (Å²) in [4.78, 5) is 0. The quantitative estimate of drug-likeness (QED) is 0.851. The molecule has 0 amide bonds. The first kappa shape index (κ1) is 13.8. The van der Waals surface area contributed by atoms with Crippen LogP contribution in [0.3, 0.4) is 0 Å². The lowest BCUT2D eigenvalue weighted by Gasteiger charge is -2.25. The number of nitrogens with zero attached hydrogens (tertiary/aromatic N) is 1. The molecule has 0 saturated heterocycles. The van der Waals surface area contributed by atoms with E-state index in [1.165, 1.54) is 49.8 Å². The van der Waals surface area contributed by atoms with Gasteiger partial charge in [-0.3, -0.25) is 5.01 Å². The van der Waals surface area contributed by atoms with Crippen molar-refractivity contribution in [1.29, 1.82) is 0 Å². The molecule has 0 aromatic heterocycles. The van der Waals surface area contributed by atoms with Gasteiger partial charge in [-0.1, -0.05) is 55.8 Å². The summed E-state index contributed by atoms with van der Waals surface area (Å²) >= 11 is 6.29. The van der Waals surface area contributed by atoms with Crippen LogP contribution in [-0.4, -0.2) is 6.54 Å². The predicted molar refractivity (Wildman–Crippen MR) is 85.8 cm³/mol. The summed E-state index contributed by atoms with van der Waals surface area (Å²) in [6.07, 6.45) is 8.23. The fourth-order valence-electron chi connectivity index (χ4n) is 3.35. The van der Waals surface area contributed by atoms with Crippen molar-refractivity contribution in [2.45, 2.75) is 45.4 Å². The van der Waals surface area contributed by atoms with E-state index >= 15 is 0 Å². The molecule has 20 heavy (non-hydrogen) atoms. The minimum absolute atomic E-state index is 0.812. The molecule has 3 rings (SSSR count). The van der Waals surface area contributed by atoms with Crippen molar-refractivity contribution in [2.24, 2.45) is 5.92 Å². The van der Waals surface area contributed by atoms with Crippen LogP contribution in [0.2, 0.25) is 5.02 Å². The van der Waals surface area contributed by atoms with Crippen molar-refractivity contribution < 1.29 is 0 Å². The Labute approximate surface area is 126 Å². The molecule has 108 valence electrons. The topological polar surface area (TPSA) is 15.3 Å². The number of para-hydroxylation sites is 1. The van der Waals surface area contributed by atoms with Gasteiger partial charge in [-0.25, -0.2) is 0 Å². The van der Waals surface area contributed by atoms with Gasteiger partial charge in [0.05, 0.1) is 17.3 Å². The number of hydrazine groups is 1. The van der Waals surface area contributed by atoms with Crippen molar-refractivity contribution in [1.82, 2.24) is 5.43 Å². The van der Waals surface area contributed by atoms with Crippen LogP contribution in [0.25, 0.3) is 0 Å². The Kier molecular flexibility index (Phi) is 4.21. The highest BCUT2D eigenvalue weighted by atomic mass is 35.5. The first-order valence-corrected chi connectivity index (χ1v) is 8.09. The molecule has 1 fully saturated rings.